The van der Waals surface area contributed by atoms with E-state index in [2.05, 4.69) is 4.52 Å². The summed E-state index contributed by atoms with van der Waals surface area (Å²) in [5.41, 5.74) is 1.07. The standard InChI is InChI=1S/C9H12O3P/c1-11-13(10)8-12-7-9-5-3-2-4-6-9/h2-6H,7-8H2,1H3/q+1. The molecule has 1 rings (SSSR count). The van der Waals surface area contributed by atoms with Crippen molar-refractivity contribution in [2.24, 2.45) is 0 Å². The summed E-state index contributed by atoms with van der Waals surface area (Å²) in [5, 5.41) is 0. The summed E-state index contributed by atoms with van der Waals surface area (Å²) in [7, 11) is -0.240. The fourth-order valence-electron chi connectivity index (χ4n) is 0.865. The zero-order valence-electron chi connectivity index (χ0n) is 7.47. The van der Waals surface area contributed by atoms with E-state index in [0.717, 1.165) is 5.56 Å². The molecule has 13 heavy (non-hydrogen) atoms. The molecule has 70 valence electrons. The van der Waals surface area contributed by atoms with Crippen LogP contribution in [0.5, 0.6) is 0 Å². The average Bonchev–Trinajstić information content (AvgIpc) is 2.19. The fraction of sp³-hybridized carbons (Fsp3) is 0.333. The van der Waals surface area contributed by atoms with Gasteiger partial charge in [-0.2, -0.15) is 0 Å². The molecule has 0 aliphatic heterocycles. The van der Waals surface area contributed by atoms with Crippen LogP contribution in [0.2, 0.25) is 0 Å². The van der Waals surface area contributed by atoms with E-state index in [1.807, 2.05) is 30.3 Å². The van der Waals surface area contributed by atoms with Crippen molar-refractivity contribution < 1.29 is 13.8 Å². The molecule has 0 N–H and O–H groups in total. The number of ether oxygens (including phenoxy) is 1. The molecule has 3 nitrogen and oxygen atoms in total. The zero-order valence-corrected chi connectivity index (χ0v) is 8.37. The van der Waals surface area contributed by atoms with Crippen LogP contribution in [-0.4, -0.2) is 13.5 Å². The fourth-order valence-corrected chi connectivity index (χ4v) is 1.21. The van der Waals surface area contributed by atoms with E-state index in [1.54, 1.807) is 0 Å². The predicted molar refractivity (Wildman–Crippen MR) is 50.7 cm³/mol. The molecule has 1 aromatic carbocycles. The Labute approximate surface area is 78.5 Å². The maximum atomic E-state index is 10.8. The highest BCUT2D eigenvalue weighted by Crippen LogP contribution is 2.20. The van der Waals surface area contributed by atoms with E-state index in [-0.39, 0.29) is 6.35 Å². The second-order valence-electron chi connectivity index (χ2n) is 2.48. The van der Waals surface area contributed by atoms with Crippen LogP contribution in [0.15, 0.2) is 30.3 Å². The van der Waals surface area contributed by atoms with Crippen molar-refractivity contribution in [3.8, 4) is 0 Å². The van der Waals surface area contributed by atoms with E-state index >= 15 is 0 Å². The van der Waals surface area contributed by atoms with Gasteiger partial charge in [0.1, 0.15) is 0 Å². The molecule has 0 aromatic heterocycles. The normalized spacial score (nSPS) is 11.3. The molecule has 0 heterocycles. The van der Waals surface area contributed by atoms with Crippen LogP contribution in [0.1, 0.15) is 5.56 Å². The first-order valence-electron chi connectivity index (χ1n) is 3.93. The van der Waals surface area contributed by atoms with Gasteiger partial charge < -0.3 is 4.74 Å². The van der Waals surface area contributed by atoms with Crippen LogP contribution in [0, 0.1) is 0 Å². The molecule has 0 aliphatic rings. The van der Waals surface area contributed by atoms with Crippen molar-refractivity contribution in [1.82, 2.24) is 0 Å². The molecule has 0 saturated carbocycles. The monoisotopic (exact) mass is 199 g/mol. The number of hydrogen-bond acceptors (Lipinski definition) is 3. The van der Waals surface area contributed by atoms with Gasteiger partial charge in [-0.3, -0.25) is 0 Å². The molecule has 0 saturated heterocycles. The predicted octanol–water partition coefficient (Wildman–Crippen LogP) is 2.55. The molecule has 1 aromatic rings. The molecule has 1 unspecified atom stereocenters. The van der Waals surface area contributed by atoms with Crippen molar-refractivity contribution in [1.29, 1.82) is 0 Å². The molecular formula is C9H12O3P+. The Kier molecular flexibility index (Phi) is 4.61. The summed E-state index contributed by atoms with van der Waals surface area (Å²) < 4.78 is 20.5. The first-order valence-corrected chi connectivity index (χ1v) is 5.29. The summed E-state index contributed by atoms with van der Waals surface area (Å²) in [4.78, 5) is 0. The summed E-state index contributed by atoms with van der Waals surface area (Å²) in [6.45, 7) is 0.477. The average molecular weight is 199 g/mol. The summed E-state index contributed by atoms with van der Waals surface area (Å²) >= 11 is 0. The van der Waals surface area contributed by atoms with Crippen molar-refractivity contribution in [3.05, 3.63) is 35.9 Å². The second-order valence-corrected chi connectivity index (χ2v) is 3.77. The Balaban J connectivity index is 2.24. The maximum Gasteiger partial charge on any atom is 0.536 e. The Morgan fingerprint density at radius 3 is 2.62 bits per heavy atom. The topological polar surface area (TPSA) is 35.5 Å². The van der Waals surface area contributed by atoms with Crippen LogP contribution in [0.3, 0.4) is 0 Å². The zero-order chi connectivity index (χ0) is 9.52. The third-order valence-electron chi connectivity index (χ3n) is 1.51. The van der Waals surface area contributed by atoms with Gasteiger partial charge in [-0.15, -0.1) is 4.52 Å². The van der Waals surface area contributed by atoms with Gasteiger partial charge in [-0.25, -0.2) is 0 Å². The highest BCUT2D eigenvalue weighted by Gasteiger charge is 2.13. The lowest BCUT2D eigenvalue weighted by Gasteiger charge is -1.96. The van der Waals surface area contributed by atoms with Gasteiger partial charge in [0.25, 0.3) is 6.35 Å². The molecule has 1 atom stereocenters. The van der Waals surface area contributed by atoms with E-state index in [4.69, 9.17) is 4.74 Å². The summed E-state index contributed by atoms with van der Waals surface area (Å²) in [6, 6.07) is 9.74. The van der Waals surface area contributed by atoms with E-state index in [0.29, 0.717) is 6.61 Å². The van der Waals surface area contributed by atoms with E-state index in [1.165, 1.54) is 7.11 Å². The number of hydrogen-bond donors (Lipinski definition) is 0. The van der Waals surface area contributed by atoms with Crippen molar-refractivity contribution in [3.63, 3.8) is 0 Å². The summed E-state index contributed by atoms with van der Waals surface area (Å²) in [5.74, 6) is 0. The van der Waals surface area contributed by atoms with E-state index in [9.17, 15) is 4.57 Å². The minimum Gasteiger partial charge on any atom is -0.330 e. The lowest BCUT2D eigenvalue weighted by Crippen LogP contribution is -1.91. The van der Waals surface area contributed by atoms with Crippen LogP contribution < -0.4 is 0 Å². The molecule has 0 aliphatic carbocycles. The van der Waals surface area contributed by atoms with E-state index < -0.39 is 8.03 Å². The van der Waals surface area contributed by atoms with Gasteiger partial charge >= 0.3 is 8.03 Å². The lowest BCUT2D eigenvalue weighted by atomic mass is 10.2. The Bertz CT molecular complexity index is 261. The van der Waals surface area contributed by atoms with Gasteiger partial charge in [-0.1, -0.05) is 30.3 Å². The minimum absolute atomic E-state index is 0.153. The Morgan fingerprint density at radius 2 is 2.00 bits per heavy atom. The highest BCUT2D eigenvalue weighted by molar-refractivity contribution is 7.38. The van der Waals surface area contributed by atoms with Crippen LogP contribution >= 0.6 is 8.03 Å². The smallest absolute Gasteiger partial charge is 0.330 e. The lowest BCUT2D eigenvalue weighted by molar-refractivity contribution is 0.156. The van der Waals surface area contributed by atoms with Gasteiger partial charge in [0.2, 0.25) is 0 Å². The van der Waals surface area contributed by atoms with Crippen LogP contribution in [-0.2, 0) is 20.4 Å². The quantitative estimate of drug-likeness (QED) is 0.683. The molecule has 0 fully saturated rings. The molecule has 0 radical (unpaired) electrons. The minimum atomic E-state index is -1.65. The van der Waals surface area contributed by atoms with Gasteiger partial charge in [0.05, 0.1) is 13.7 Å². The van der Waals surface area contributed by atoms with Crippen molar-refractivity contribution in [2.75, 3.05) is 13.5 Å². The third-order valence-corrected chi connectivity index (χ3v) is 2.31. The number of rotatable bonds is 5. The SMILES string of the molecule is CO[P+](=O)COCc1ccccc1. The molecule has 0 bridgehead atoms. The first kappa shape index (κ1) is 10.3. The maximum absolute atomic E-state index is 10.8. The summed E-state index contributed by atoms with van der Waals surface area (Å²) in [6.07, 6.45) is 0.153. The molecular weight excluding hydrogens is 187 g/mol. The van der Waals surface area contributed by atoms with Crippen molar-refractivity contribution >= 4 is 8.03 Å². The Morgan fingerprint density at radius 1 is 1.31 bits per heavy atom. The first-order chi connectivity index (χ1) is 6.33. The van der Waals surface area contributed by atoms with Crippen LogP contribution in [0.4, 0.5) is 0 Å². The van der Waals surface area contributed by atoms with Crippen LogP contribution in [0.25, 0.3) is 0 Å². The van der Waals surface area contributed by atoms with Gasteiger partial charge in [0.15, 0.2) is 0 Å². The van der Waals surface area contributed by atoms with Crippen molar-refractivity contribution in [2.45, 2.75) is 6.61 Å². The third kappa shape index (κ3) is 4.13. The molecule has 0 spiro atoms. The second kappa shape index (κ2) is 5.81. The highest BCUT2D eigenvalue weighted by atomic mass is 31.1. The van der Waals surface area contributed by atoms with Gasteiger partial charge in [0, 0.05) is 0 Å². The molecule has 4 heteroatoms. The number of benzene rings is 1. The Hall–Kier alpha value is -0.760. The van der Waals surface area contributed by atoms with Gasteiger partial charge in [-0.05, 0) is 10.1 Å². The largest absolute Gasteiger partial charge is 0.536 e. The molecule has 0 amide bonds.